The minimum absolute atomic E-state index is 0.404. The summed E-state index contributed by atoms with van der Waals surface area (Å²) in [5, 5.41) is 3.01. The number of H-pyrrole nitrogens is 1. The second kappa shape index (κ2) is 4.94. The van der Waals surface area contributed by atoms with Gasteiger partial charge in [0, 0.05) is 33.2 Å². The summed E-state index contributed by atoms with van der Waals surface area (Å²) >= 11 is 6.03. The molecule has 0 aliphatic heterocycles. The van der Waals surface area contributed by atoms with E-state index in [1.54, 1.807) is 0 Å². The molecule has 3 rings (SSSR count). The Balaban J connectivity index is 2.03. The van der Waals surface area contributed by atoms with Crippen LogP contribution in [0, 0.1) is 0 Å². The van der Waals surface area contributed by atoms with Gasteiger partial charge in [-0.25, -0.2) is 0 Å². The number of carbonyl (C=O) groups excluding carboxylic acids is 1. The molecule has 3 nitrogen and oxygen atoms in total. The fraction of sp³-hybridized carbons (Fsp3) is 0.133. The summed E-state index contributed by atoms with van der Waals surface area (Å²) in [6, 6.07) is 12.0. The zero-order valence-electron chi connectivity index (χ0n) is 10.2. The maximum Gasteiger partial charge on any atom is 0.293 e. The zero-order chi connectivity index (χ0) is 13.2. The molecular weight excluding hydrogens is 262 g/mol. The highest BCUT2D eigenvalue weighted by Crippen LogP contribution is 2.28. The molecule has 2 aromatic carbocycles. The average molecular weight is 274 g/mol. The number of carbonyl (C=O) groups is 1. The van der Waals surface area contributed by atoms with E-state index in [0.29, 0.717) is 19.5 Å². The molecule has 19 heavy (non-hydrogen) atoms. The number of rotatable bonds is 4. The summed E-state index contributed by atoms with van der Waals surface area (Å²) < 4.78 is 4.72. The molecule has 3 aromatic rings. The summed E-state index contributed by atoms with van der Waals surface area (Å²) in [6.07, 6.45) is 0.713. The monoisotopic (exact) mass is 273 g/mol. The molecule has 0 unspecified atom stereocenters. The Bertz CT molecular complexity index is 748. The topological polar surface area (TPSA) is 42.1 Å². The standard InChI is InChI=1S/C15H12ClNO2/c16-11-2-4-14-13(8-11)12-3-1-10(5-6-19-9-18)7-15(12)17-14/h1-4,7-9,17H,5-6H2. The third-order valence-electron chi connectivity index (χ3n) is 3.20. The van der Waals surface area contributed by atoms with Crippen molar-refractivity contribution in [2.45, 2.75) is 6.42 Å². The largest absolute Gasteiger partial charge is 0.468 e. The number of fused-ring (bicyclic) bond motifs is 3. The van der Waals surface area contributed by atoms with Crippen LogP contribution in [0.2, 0.25) is 5.02 Å². The second-order valence-electron chi connectivity index (χ2n) is 4.41. The second-order valence-corrected chi connectivity index (χ2v) is 4.85. The van der Waals surface area contributed by atoms with Gasteiger partial charge in [0.05, 0.1) is 6.61 Å². The Hall–Kier alpha value is -2.00. The molecule has 4 heteroatoms. The fourth-order valence-electron chi connectivity index (χ4n) is 2.30. The molecule has 0 bridgehead atoms. The summed E-state index contributed by atoms with van der Waals surface area (Å²) in [7, 11) is 0. The first kappa shape index (κ1) is 12.1. The van der Waals surface area contributed by atoms with E-state index in [9.17, 15) is 4.79 Å². The van der Waals surface area contributed by atoms with Gasteiger partial charge in [0.15, 0.2) is 0 Å². The lowest BCUT2D eigenvalue weighted by Gasteiger charge is -2.00. The molecule has 1 aromatic heterocycles. The van der Waals surface area contributed by atoms with Crippen molar-refractivity contribution in [2.75, 3.05) is 6.61 Å². The number of ether oxygens (including phenoxy) is 1. The van der Waals surface area contributed by atoms with Crippen molar-refractivity contribution in [3.05, 3.63) is 47.0 Å². The average Bonchev–Trinajstić information content (AvgIpc) is 2.76. The van der Waals surface area contributed by atoms with Crippen LogP contribution >= 0.6 is 11.6 Å². The zero-order valence-corrected chi connectivity index (χ0v) is 10.9. The highest BCUT2D eigenvalue weighted by molar-refractivity contribution is 6.31. The van der Waals surface area contributed by atoms with Gasteiger partial charge >= 0.3 is 0 Å². The van der Waals surface area contributed by atoms with Gasteiger partial charge in [-0.2, -0.15) is 0 Å². The Morgan fingerprint density at radius 1 is 1.11 bits per heavy atom. The number of hydrogen-bond donors (Lipinski definition) is 1. The number of hydrogen-bond acceptors (Lipinski definition) is 2. The highest BCUT2D eigenvalue weighted by Gasteiger charge is 2.05. The summed E-state index contributed by atoms with van der Waals surface area (Å²) in [4.78, 5) is 13.5. The van der Waals surface area contributed by atoms with Crippen LogP contribution in [-0.2, 0) is 16.0 Å². The Morgan fingerprint density at radius 2 is 2.00 bits per heavy atom. The van der Waals surface area contributed by atoms with Crippen LogP contribution in [-0.4, -0.2) is 18.1 Å². The van der Waals surface area contributed by atoms with E-state index >= 15 is 0 Å². The molecule has 0 saturated heterocycles. The number of benzene rings is 2. The van der Waals surface area contributed by atoms with Crippen molar-refractivity contribution in [1.82, 2.24) is 4.98 Å². The molecule has 0 saturated carbocycles. The number of aromatic amines is 1. The van der Waals surface area contributed by atoms with E-state index < -0.39 is 0 Å². The Labute approximate surface area is 115 Å². The van der Waals surface area contributed by atoms with Crippen LogP contribution in [0.15, 0.2) is 36.4 Å². The lowest BCUT2D eigenvalue weighted by atomic mass is 10.1. The highest BCUT2D eigenvalue weighted by atomic mass is 35.5. The van der Waals surface area contributed by atoms with Crippen LogP contribution in [0.4, 0.5) is 0 Å². The van der Waals surface area contributed by atoms with E-state index in [2.05, 4.69) is 17.1 Å². The van der Waals surface area contributed by atoms with Gasteiger partial charge in [-0.05, 0) is 29.8 Å². The molecule has 0 aliphatic rings. The molecule has 0 radical (unpaired) electrons. The van der Waals surface area contributed by atoms with Crippen molar-refractivity contribution in [3.8, 4) is 0 Å². The third kappa shape index (κ3) is 2.29. The lowest BCUT2D eigenvalue weighted by molar-refractivity contribution is -0.128. The first-order valence-electron chi connectivity index (χ1n) is 6.03. The molecule has 96 valence electrons. The molecule has 1 heterocycles. The van der Waals surface area contributed by atoms with Gasteiger partial charge in [0.2, 0.25) is 0 Å². The molecule has 0 fully saturated rings. The summed E-state index contributed by atoms with van der Waals surface area (Å²) in [5.41, 5.74) is 3.27. The molecule has 1 N–H and O–H groups in total. The maximum atomic E-state index is 10.1. The molecular formula is C15H12ClNO2. The van der Waals surface area contributed by atoms with E-state index in [4.69, 9.17) is 16.3 Å². The van der Waals surface area contributed by atoms with Crippen LogP contribution in [0.5, 0.6) is 0 Å². The van der Waals surface area contributed by atoms with Crippen molar-refractivity contribution >= 4 is 39.9 Å². The minimum Gasteiger partial charge on any atom is -0.468 e. The predicted molar refractivity (Wildman–Crippen MR) is 76.5 cm³/mol. The van der Waals surface area contributed by atoms with Crippen LogP contribution in [0.3, 0.4) is 0 Å². The third-order valence-corrected chi connectivity index (χ3v) is 3.44. The van der Waals surface area contributed by atoms with Crippen molar-refractivity contribution in [1.29, 1.82) is 0 Å². The van der Waals surface area contributed by atoms with Crippen molar-refractivity contribution in [2.24, 2.45) is 0 Å². The van der Waals surface area contributed by atoms with Crippen molar-refractivity contribution in [3.63, 3.8) is 0 Å². The molecule has 0 atom stereocenters. The molecule has 0 amide bonds. The normalized spacial score (nSPS) is 11.0. The first-order chi connectivity index (χ1) is 9.28. The Kier molecular flexibility index (Phi) is 3.13. The van der Waals surface area contributed by atoms with Gasteiger partial charge in [-0.15, -0.1) is 0 Å². The van der Waals surface area contributed by atoms with E-state index in [-0.39, 0.29) is 0 Å². The van der Waals surface area contributed by atoms with Gasteiger partial charge in [0.25, 0.3) is 6.47 Å². The van der Waals surface area contributed by atoms with Gasteiger partial charge in [0.1, 0.15) is 0 Å². The summed E-state index contributed by atoms with van der Waals surface area (Å²) in [5.74, 6) is 0. The van der Waals surface area contributed by atoms with Gasteiger partial charge in [-0.1, -0.05) is 23.7 Å². The predicted octanol–water partition coefficient (Wildman–Crippen LogP) is 3.69. The smallest absolute Gasteiger partial charge is 0.293 e. The van der Waals surface area contributed by atoms with Crippen LogP contribution < -0.4 is 0 Å². The van der Waals surface area contributed by atoms with Gasteiger partial charge in [-0.3, -0.25) is 4.79 Å². The SMILES string of the molecule is O=COCCc1ccc2c(c1)[nH]c1ccc(Cl)cc12. The van der Waals surface area contributed by atoms with E-state index in [1.165, 1.54) is 0 Å². The lowest BCUT2D eigenvalue weighted by Crippen LogP contribution is -1.96. The molecule has 0 aliphatic carbocycles. The maximum absolute atomic E-state index is 10.1. The number of nitrogens with one attached hydrogen (secondary N) is 1. The fourth-order valence-corrected chi connectivity index (χ4v) is 2.48. The van der Waals surface area contributed by atoms with E-state index in [1.807, 2.05) is 24.3 Å². The number of halogens is 1. The summed E-state index contributed by atoms with van der Waals surface area (Å²) in [6.45, 7) is 0.879. The van der Waals surface area contributed by atoms with Crippen molar-refractivity contribution < 1.29 is 9.53 Å². The molecule has 0 spiro atoms. The van der Waals surface area contributed by atoms with Crippen LogP contribution in [0.1, 0.15) is 5.56 Å². The number of aromatic nitrogens is 1. The Morgan fingerprint density at radius 3 is 2.84 bits per heavy atom. The van der Waals surface area contributed by atoms with Gasteiger partial charge < -0.3 is 9.72 Å². The minimum atomic E-state index is 0.404. The quantitative estimate of drug-likeness (QED) is 0.582. The van der Waals surface area contributed by atoms with E-state index in [0.717, 1.165) is 32.4 Å². The van der Waals surface area contributed by atoms with Crippen LogP contribution in [0.25, 0.3) is 21.8 Å². The first-order valence-corrected chi connectivity index (χ1v) is 6.41.